The van der Waals surface area contributed by atoms with E-state index in [0.29, 0.717) is 6.10 Å². The topological polar surface area (TPSA) is 44.5 Å². The highest BCUT2D eigenvalue weighted by molar-refractivity contribution is 9.10. The molecule has 3 rings (SSSR count). The fourth-order valence-electron chi connectivity index (χ4n) is 3.71. The molecule has 0 bridgehead atoms. The number of rotatable bonds is 4. The molecule has 0 aliphatic heterocycles. The fraction of sp³-hybridized carbons (Fsp3) is 0.647. The molecule has 3 nitrogen and oxygen atoms in total. The zero-order valence-corrected chi connectivity index (χ0v) is 14.2. The third-order valence-corrected chi connectivity index (χ3v) is 5.53. The van der Waals surface area contributed by atoms with Crippen molar-refractivity contribution in [2.24, 2.45) is 5.73 Å². The van der Waals surface area contributed by atoms with Gasteiger partial charge in [0.25, 0.3) is 0 Å². The van der Waals surface area contributed by atoms with Crippen LogP contribution in [0.15, 0.2) is 16.6 Å². The molecule has 21 heavy (non-hydrogen) atoms. The number of halogens is 1. The van der Waals surface area contributed by atoms with Crippen LogP contribution in [-0.4, -0.2) is 13.2 Å². The van der Waals surface area contributed by atoms with E-state index in [2.05, 4.69) is 15.9 Å². The van der Waals surface area contributed by atoms with Crippen LogP contribution >= 0.6 is 15.9 Å². The average molecular weight is 354 g/mol. The molecule has 0 radical (unpaired) electrons. The number of nitrogens with two attached hydrogens (primary N) is 1. The van der Waals surface area contributed by atoms with Gasteiger partial charge in [0.1, 0.15) is 0 Å². The van der Waals surface area contributed by atoms with Crippen molar-refractivity contribution < 1.29 is 9.47 Å². The minimum atomic E-state index is -0.290. The van der Waals surface area contributed by atoms with Crippen molar-refractivity contribution in [3.63, 3.8) is 0 Å². The number of benzene rings is 1. The highest BCUT2D eigenvalue weighted by Crippen LogP contribution is 2.48. The summed E-state index contributed by atoms with van der Waals surface area (Å²) in [6.07, 6.45) is 9.47. The number of methoxy groups -OCH3 is 1. The molecule has 0 heterocycles. The number of ether oxygens (including phenoxy) is 2. The van der Waals surface area contributed by atoms with Gasteiger partial charge in [0.2, 0.25) is 0 Å². The first-order valence-electron chi connectivity index (χ1n) is 7.96. The van der Waals surface area contributed by atoms with Gasteiger partial charge in [-0.05, 0) is 50.7 Å². The molecule has 0 unspecified atom stereocenters. The summed E-state index contributed by atoms with van der Waals surface area (Å²) in [6.45, 7) is 0. The van der Waals surface area contributed by atoms with Crippen molar-refractivity contribution in [1.82, 2.24) is 0 Å². The first-order chi connectivity index (χ1) is 10.1. The van der Waals surface area contributed by atoms with Gasteiger partial charge in [0, 0.05) is 15.6 Å². The monoisotopic (exact) mass is 353 g/mol. The predicted molar refractivity (Wildman–Crippen MR) is 87.9 cm³/mol. The van der Waals surface area contributed by atoms with Gasteiger partial charge in [0.05, 0.1) is 13.2 Å². The van der Waals surface area contributed by atoms with Crippen molar-refractivity contribution >= 4 is 15.9 Å². The van der Waals surface area contributed by atoms with Gasteiger partial charge >= 0.3 is 0 Å². The number of hydrogen-bond acceptors (Lipinski definition) is 3. The lowest BCUT2D eigenvalue weighted by Crippen LogP contribution is -2.34. The first kappa shape index (κ1) is 15.2. The normalized spacial score (nSPS) is 21.7. The Morgan fingerprint density at radius 2 is 1.81 bits per heavy atom. The summed E-state index contributed by atoms with van der Waals surface area (Å²) in [7, 11) is 1.70. The summed E-state index contributed by atoms with van der Waals surface area (Å²) in [4.78, 5) is 0. The van der Waals surface area contributed by atoms with Gasteiger partial charge < -0.3 is 15.2 Å². The Labute approximate surface area is 135 Å². The van der Waals surface area contributed by atoms with Crippen LogP contribution in [0.4, 0.5) is 0 Å². The molecule has 1 aromatic rings. The van der Waals surface area contributed by atoms with E-state index in [1.54, 1.807) is 7.11 Å². The van der Waals surface area contributed by atoms with Crippen LogP contribution in [0.3, 0.4) is 0 Å². The Morgan fingerprint density at radius 1 is 1.14 bits per heavy atom. The summed E-state index contributed by atoms with van der Waals surface area (Å²) in [5.74, 6) is 1.67. The maximum absolute atomic E-state index is 6.71. The van der Waals surface area contributed by atoms with Crippen LogP contribution in [-0.2, 0) is 5.54 Å². The standard InChI is InChI=1S/C17H24BrNO2/c1-20-14-9-8-13(18)15(17(19)10-4-5-11-17)16(14)21-12-6-2-3-7-12/h8-9,12H,2-7,10-11,19H2,1H3. The molecule has 0 saturated heterocycles. The lowest BCUT2D eigenvalue weighted by molar-refractivity contribution is 0.194. The predicted octanol–water partition coefficient (Wildman–Crippen LogP) is 4.51. The van der Waals surface area contributed by atoms with Gasteiger partial charge in [0.15, 0.2) is 11.5 Å². The third-order valence-electron chi connectivity index (χ3n) is 4.87. The summed E-state index contributed by atoms with van der Waals surface area (Å²) in [6, 6.07) is 4.00. The molecule has 2 fully saturated rings. The van der Waals surface area contributed by atoms with Crippen LogP contribution in [0.25, 0.3) is 0 Å². The quantitative estimate of drug-likeness (QED) is 0.865. The van der Waals surface area contributed by atoms with Crippen LogP contribution in [0.2, 0.25) is 0 Å². The summed E-state index contributed by atoms with van der Waals surface area (Å²) in [5, 5.41) is 0. The molecule has 4 heteroatoms. The van der Waals surface area contributed by atoms with E-state index < -0.39 is 0 Å². The van der Waals surface area contributed by atoms with Gasteiger partial charge in [-0.1, -0.05) is 28.8 Å². The minimum absolute atomic E-state index is 0.290. The summed E-state index contributed by atoms with van der Waals surface area (Å²) >= 11 is 3.69. The van der Waals surface area contributed by atoms with E-state index in [1.807, 2.05) is 12.1 Å². The second-order valence-electron chi connectivity index (χ2n) is 6.34. The Hall–Kier alpha value is -0.740. The largest absolute Gasteiger partial charge is 0.493 e. The summed E-state index contributed by atoms with van der Waals surface area (Å²) < 4.78 is 12.9. The lowest BCUT2D eigenvalue weighted by Gasteiger charge is -2.30. The molecule has 1 aromatic carbocycles. The van der Waals surface area contributed by atoms with E-state index in [-0.39, 0.29) is 5.54 Å². The van der Waals surface area contributed by atoms with Gasteiger partial charge in [-0.3, -0.25) is 0 Å². The van der Waals surface area contributed by atoms with E-state index >= 15 is 0 Å². The second kappa shape index (κ2) is 6.17. The molecule has 2 aliphatic carbocycles. The Bertz CT molecular complexity index is 506. The molecule has 2 aliphatic rings. The molecule has 0 spiro atoms. The van der Waals surface area contributed by atoms with E-state index in [4.69, 9.17) is 15.2 Å². The molecule has 2 N–H and O–H groups in total. The second-order valence-corrected chi connectivity index (χ2v) is 7.20. The maximum Gasteiger partial charge on any atom is 0.167 e. The molecular weight excluding hydrogens is 330 g/mol. The van der Waals surface area contributed by atoms with Crippen LogP contribution < -0.4 is 15.2 Å². The van der Waals surface area contributed by atoms with Crippen molar-refractivity contribution in [2.75, 3.05) is 7.11 Å². The minimum Gasteiger partial charge on any atom is -0.493 e. The van der Waals surface area contributed by atoms with Crippen LogP contribution in [0.1, 0.15) is 56.9 Å². The molecular formula is C17H24BrNO2. The van der Waals surface area contributed by atoms with Crippen molar-refractivity contribution in [3.05, 3.63) is 22.2 Å². The van der Waals surface area contributed by atoms with Crippen molar-refractivity contribution in [3.8, 4) is 11.5 Å². The smallest absolute Gasteiger partial charge is 0.167 e. The van der Waals surface area contributed by atoms with E-state index in [9.17, 15) is 0 Å². The average Bonchev–Trinajstić information content (AvgIpc) is 3.11. The molecule has 0 atom stereocenters. The maximum atomic E-state index is 6.71. The van der Waals surface area contributed by atoms with Gasteiger partial charge in [-0.15, -0.1) is 0 Å². The first-order valence-corrected chi connectivity index (χ1v) is 8.76. The van der Waals surface area contributed by atoms with Crippen LogP contribution in [0, 0.1) is 0 Å². The molecule has 2 saturated carbocycles. The fourth-order valence-corrected chi connectivity index (χ4v) is 4.42. The SMILES string of the molecule is COc1ccc(Br)c(C2(N)CCCC2)c1OC1CCCC1. The highest BCUT2D eigenvalue weighted by Gasteiger charge is 2.37. The van der Waals surface area contributed by atoms with Gasteiger partial charge in [-0.2, -0.15) is 0 Å². The molecule has 116 valence electrons. The zero-order valence-electron chi connectivity index (χ0n) is 12.7. The highest BCUT2D eigenvalue weighted by atomic mass is 79.9. The Kier molecular flexibility index (Phi) is 4.46. The van der Waals surface area contributed by atoms with Crippen molar-refractivity contribution in [2.45, 2.75) is 63.0 Å². The van der Waals surface area contributed by atoms with Gasteiger partial charge in [-0.25, -0.2) is 0 Å². The number of hydrogen-bond donors (Lipinski definition) is 1. The molecule has 0 amide bonds. The molecule has 0 aromatic heterocycles. The summed E-state index contributed by atoms with van der Waals surface area (Å²) in [5.41, 5.74) is 7.53. The third kappa shape index (κ3) is 2.93. The van der Waals surface area contributed by atoms with E-state index in [0.717, 1.165) is 47.2 Å². The zero-order chi connectivity index (χ0) is 14.9. The van der Waals surface area contributed by atoms with E-state index in [1.165, 1.54) is 25.7 Å². The van der Waals surface area contributed by atoms with Crippen LogP contribution in [0.5, 0.6) is 11.5 Å². The Balaban J connectivity index is 2.03. The van der Waals surface area contributed by atoms with Crippen molar-refractivity contribution in [1.29, 1.82) is 0 Å². The lowest BCUT2D eigenvalue weighted by atomic mass is 9.88. The Morgan fingerprint density at radius 3 is 2.43 bits per heavy atom.